The first-order chi connectivity index (χ1) is 12.5. The lowest BCUT2D eigenvalue weighted by Crippen LogP contribution is -2.46. The number of imidazole rings is 1. The molecule has 8 heteroatoms. The molecular formula is C18H26N6O2. The number of hydrogen-bond acceptors (Lipinski definition) is 6. The van der Waals surface area contributed by atoms with Crippen LogP contribution >= 0.6 is 0 Å². The van der Waals surface area contributed by atoms with E-state index in [1.807, 2.05) is 22.6 Å². The molecule has 0 radical (unpaired) electrons. The third kappa shape index (κ3) is 4.19. The number of aryl methyl sites for hydroxylation is 2. The Bertz CT molecular complexity index is 734. The van der Waals surface area contributed by atoms with E-state index in [2.05, 4.69) is 15.0 Å². The molecule has 1 N–H and O–H groups in total. The molecule has 1 aliphatic heterocycles. The highest BCUT2D eigenvalue weighted by Gasteiger charge is 2.38. The lowest BCUT2D eigenvalue weighted by atomic mass is 10.0. The van der Waals surface area contributed by atoms with Gasteiger partial charge >= 0.3 is 0 Å². The molecule has 3 heterocycles. The number of aromatic nitrogens is 4. The summed E-state index contributed by atoms with van der Waals surface area (Å²) < 4.78 is 2.00. The molecular weight excluding hydrogens is 332 g/mol. The lowest BCUT2D eigenvalue weighted by Gasteiger charge is -2.29. The second-order valence-corrected chi connectivity index (χ2v) is 6.83. The molecule has 1 aliphatic rings. The van der Waals surface area contributed by atoms with Gasteiger partial charge in [-0.15, -0.1) is 0 Å². The van der Waals surface area contributed by atoms with Gasteiger partial charge in [0.15, 0.2) is 0 Å². The van der Waals surface area contributed by atoms with Crippen molar-refractivity contribution >= 4 is 11.9 Å². The fourth-order valence-corrected chi connectivity index (χ4v) is 3.41. The predicted molar refractivity (Wildman–Crippen MR) is 97.7 cm³/mol. The highest BCUT2D eigenvalue weighted by atomic mass is 16.3. The second kappa shape index (κ2) is 7.82. The molecule has 1 saturated heterocycles. The van der Waals surface area contributed by atoms with Crippen LogP contribution in [0.3, 0.4) is 0 Å². The standard InChI is InChI=1S/C18H26N6O2/c1-3-15-19-9-12-23(15)10-5-16(25)22(2)13-18(26)6-11-24(14-18)17-20-7-4-8-21-17/h4,7-9,12,26H,3,5-6,10-11,13-14H2,1-2H3/t18-/m0/s1. The fraction of sp³-hybridized carbons (Fsp3) is 0.556. The van der Waals surface area contributed by atoms with Crippen molar-refractivity contribution in [2.75, 3.05) is 31.6 Å². The summed E-state index contributed by atoms with van der Waals surface area (Å²) >= 11 is 0. The summed E-state index contributed by atoms with van der Waals surface area (Å²) in [5, 5.41) is 10.9. The summed E-state index contributed by atoms with van der Waals surface area (Å²) in [4.78, 5) is 28.8. The average molecular weight is 358 g/mol. The van der Waals surface area contributed by atoms with Gasteiger partial charge in [-0.1, -0.05) is 6.92 Å². The Balaban J connectivity index is 1.52. The van der Waals surface area contributed by atoms with E-state index in [1.54, 1.807) is 36.6 Å². The van der Waals surface area contributed by atoms with E-state index in [0.717, 1.165) is 12.2 Å². The molecule has 0 aromatic carbocycles. The second-order valence-electron chi connectivity index (χ2n) is 6.83. The zero-order valence-corrected chi connectivity index (χ0v) is 15.4. The number of rotatable bonds is 7. The molecule has 26 heavy (non-hydrogen) atoms. The molecule has 0 unspecified atom stereocenters. The average Bonchev–Trinajstić information content (AvgIpc) is 3.26. The van der Waals surface area contributed by atoms with E-state index in [-0.39, 0.29) is 5.91 Å². The Morgan fingerprint density at radius 3 is 2.81 bits per heavy atom. The molecule has 0 aliphatic carbocycles. The lowest BCUT2D eigenvalue weighted by molar-refractivity contribution is -0.133. The number of anilines is 1. The Hall–Kier alpha value is -2.48. The quantitative estimate of drug-likeness (QED) is 0.785. The number of carbonyl (C=O) groups excluding carboxylic acids is 1. The monoisotopic (exact) mass is 358 g/mol. The number of amides is 1. The van der Waals surface area contributed by atoms with Crippen LogP contribution in [-0.4, -0.2) is 67.7 Å². The fourth-order valence-electron chi connectivity index (χ4n) is 3.41. The van der Waals surface area contributed by atoms with E-state index < -0.39 is 5.60 Å². The SMILES string of the molecule is CCc1nccn1CCC(=O)N(C)C[C@@]1(O)CCN(c2ncccn2)C1. The topological polar surface area (TPSA) is 87.4 Å². The first-order valence-corrected chi connectivity index (χ1v) is 8.99. The van der Waals surface area contributed by atoms with Crippen LogP contribution in [-0.2, 0) is 17.8 Å². The molecule has 140 valence electrons. The van der Waals surface area contributed by atoms with Crippen molar-refractivity contribution in [3.8, 4) is 0 Å². The highest BCUT2D eigenvalue weighted by molar-refractivity contribution is 5.75. The van der Waals surface area contributed by atoms with Gasteiger partial charge in [0, 0.05) is 57.8 Å². The summed E-state index contributed by atoms with van der Waals surface area (Å²) in [5.41, 5.74) is -0.937. The van der Waals surface area contributed by atoms with E-state index in [9.17, 15) is 9.90 Å². The third-order valence-electron chi connectivity index (χ3n) is 4.81. The zero-order valence-electron chi connectivity index (χ0n) is 15.4. The van der Waals surface area contributed by atoms with Crippen molar-refractivity contribution in [2.45, 2.75) is 38.3 Å². The van der Waals surface area contributed by atoms with Crippen molar-refractivity contribution < 1.29 is 9.90 Å². The van der Waals surface area contributed by atoms with Crippen LogP contribution in [0.4, 0.5) is 5.95 Å². The number of aliphatic hydroxyl groups is 1. The number of likely N-dealkylation sites (N-methyl/N-ethyl adjacent to an activating group) is 1. The summed E-state index contributed by atoms with van der Waals surface area (Å²) in [6, 6.07) is 1.77. The molecule has 0 saturated carbocycles. The van der Waals surface area contributed by atoms with E-state index >= 15 is 0 Å². The molecule has 0 spiro atoms. The molecule has 2 aromatic heterocycles. The van der Waals surface area contributed by atoms with Gasteiger partial charge in [0.05, 0.1) is 13.1 Å². The third-order valence-corrected chi connectivity index (χ3v) is 4.81. The van der Waals surface area contributed by atoms with Crippen LogP contribution in [0, 0.1) is 0 Å². The first kappa shape index (κ1) is 18.3. The Morgan fingerprint density at radius 2 is 2.08 bits per heavy atom. The van der Waals surface area contributed by atoms with Gasteiger partial charge in [0.25, 0.3) is 0 Å². The van der Waals surface area contributed by atoms with Crippen LogP contribution in [0.1, 0.15) is 25.6 Å². The largest absolute Gasteiger partial charge is 0.386 e. The van der Waals surface area contributed by atoms with E-state index in [0.29, 0.717) is 45.0 Å². The number of nitrogens with zero attached hydrogens (tertiary/aromatic N) is 6. The van der Waals surface area contributed by atoms with Crippen molar-refractivity contribution in [1.29, 1.82) is 0 Å². The highest BCUT2D eigenvalue weighted by Crippen LogP contribution is 2.25. The minimum Gasteiger partial charge on any atom is -0.386 e. The maximum absolute atomic E-state index is 12.5. The van der Waals surface area contributed by atoms with Gasteiger partial charge in [0.2, 0.25) is 11.9 Å². The maximum Gasteiger partial charge on any atom is 0.225 e. The number of β-amino-alcohol motifs (C(OH)–C–C–N with tert-alkyl or cyclic N) is 1. The normalized spacial score (nSPS) is 19.7. The molecule has 8 nitrogen and oxygen atoms in total. The summed E-state index contributed by atoms with van der Waals surface area (Å²) in [6.07, 6.45) is 8.86. The van der Waals surface area contributed by atoms with E-state index in [1.165, 1.54) is 0 Å². The zero-order chi connectivity index (χ0) is 18.6. The van der Waals surface area contributed by atoms with Gasteiger partial charge in [-0.2, -0.15) is 0 Å². The van der Waals surface area contributed by atoms with Crippen LogP contribution in [0.15, 0.2) is 30.9 Å². The van der Waals surface area contributed by atoms with Crippen LogP contribution < -0.4 is 4.90 Å². The Morgan fingerprint density at radius 1 is 1.31 bits per heavy atom. The van der Waals surface area contributed by atoms with Crippen molar-refractivity contribution in [3.05, 3.63) is 36.7 Å². The van der Waals surface area contributed by atoms with Gasteiger partial charge in [-0.3, -0.25) is 4.79 Å². The van der Waals surface area contributed by atoms with Crippen molar-refractivity contribution in [2.24, 2.45) is 0 Å². The molecule has 1 fully saturated rings. The molecule has 1 atom stereocenters. The summed E-state index contributed by atoms with van der Waals surface area (Å²) in [6.45, 7) is 4.06. The van der Waals surface area contributed by atoms with E-state index in [4.69, 9.17) is 0 Å². The molecule has 1 amide bonds. The van der Waals surface area contributed by atoms with Crippen molar-refractivity contribution in [3.63, 3.8) is 0 Å². The minimum absolute atomic E-state index is 0.0172. The van der Waals surface area contributed by atoms with Gasteiger partial charge < -0.3 is 19.5 Å². The smallest absolute Gasteiger partial charge is 0.225 e. The Kier molecular flexibility index (Phi) is 5.51. The molecule has 0 bridgehead atoms. The van der Waals surface area contributed by atoms with Crippen LogP contribution in [0.2, 0.25) is 0 Å². The first-order valence-electron chi connectivity index (χ1n) is 8.99. The van der Waals surface area contributed by atoms with Crippen molar-refractivity contribution in [1.82, 2.24) is 24.4 Å². The minimum atomic E-state index is -0.937. The predicted octanol–water partition coefficient (Wildman–Crippen LogP) is 0.725. The van der Waals surface area contributed by atoms with Gasteiger partial charge in [-0.05, 0) is 12.5 Å². The number of carbonyl (C=O) groups is 1. The number of hydrogen-bond donors (Lipinski definition) is 1. The Labute approximate surface area is 153 Å². The van der Waals surface area contributed by atoms with Crippen LogP contribution in [0.5, 0.6) is 0 Å². The van der Waals surface area contributed by atoms with Gasteiger partial charge in [0.1, 0.15) is 11.4 Å². The summed E-state index contributed by atoms with van der Waals surface area (Å²) in [5.74, 6) is 1.61. The maximum atomic E-state index is 12.5. The van der Waals surface area contributed by atoms with Gasteiger partial charge in [-0.25, -0.2) is 15.0 Å². The summed E-state index contributed by atoms with van der Waals surface area (Å²) in [7, 11) is 1.75. The van der Waals surface area contributed by atoms with Crippen LogP contribution in [0.25, 0.3) is 0 Å². The molecule has 3 rings (SSSR count). The molecule has 2 aromatic rings.